The first-order valence-corrected chi connectivity index (χ1v) is 11.7. The van der Waals surface area contributed by atoms with E-state index in [1.807, 2.05) is 37.3 Å². The number of hydrogen-bond acceptors (Lipinski definition) is 7. The second-order valence-electron chi connectivity index (χ2n) is 8.04. The molecule has 0 saturated heterocycles. The summed E-state index contributed by atoms with van der Waals surface area (Å²) in [6.45, 7) is 4.47. The molecule has 0 bridgehead atoms. The molecule has 10 heteroatoms. The third-order valence-corrected chi connectivity index (χ3v) is 5.54. The van der Waals surface area contributed by atoms with Crippen molar-refractivity contribution in [3.63, 3.8) is 0 Å². The van der Waals surface area contributed by atoms with E-state index in [-0.39, 0.29) is 13.1 Å². The zero-order chi connectivity index (χ0) is 25.5. The Balaban J connectivity index is 1.80. The molecule has 36 heavy (non-hydrogen) atoms. The lowest BCUT2D eigenvalue weighted by molar-refractivity contribution is -0.127. The van der Waals surface area contributed by atoms with Crippen LogP contribution in [0, 0.1) is 6.92 Å². The van der Waals surface area contributed by atoms with Crippen LogP contribution in [0.4, 0.5) is 5.69 Å². The van der Waals surface area contributed by atoms with Gasteiger partial charge in [-0.15, -0.1) is 5.10 Å². The van der Waals surface area contributed by atoms with Crippen molar-refractivity contribution in [2.45, 2.75) is 26.4 Å². The van der Waals surface area contributed by atoms with Crippen LogP contribution >= 0.6 is 0 Å². The molecule has 188 valence electrons. The molecular formula is C26H29N5O5. The standard InChI is InChI=1S/C26H29N5O5/c1-4-35-22-12-8-7-11-21(22)31(24(32)17-30-20-10-6-5-9-19(20)28-29-30)25(23-14-13-18(2)36-23)26(33)27-15-16-34-3/h5-14,25H,4,15-17H2,1-3H3,(H,27,33). The number of benzene rings is 2. The van der Waals surface area contributed by atoms with Crippen molar-refractivity contribution in [1.29, 1.82) is 0 Å². The molecule has 0 saturated carbocycles. The van der Waals surface area contributed by atoms with E-state index in [9.17, 15) is 9.59 Å². The smallest absolute Gasteiger partial charge is 0.251 e. The fourth-order valence-corrected chi connectivity index (χ4v) is 3.94. The molecule has 0 radical (unpaired) electrons. The minimum Gasteiger partial charge on any atom is -0.492 e. The normalized spacial score (nSPS) is 11.9. The number of nitrogens with zero attached hydrogens (tertiary/aromatic N) is 4. The molecule has 1 unspecified atom stereocenters. The van der Waals surface area contributed by atoms with Crippen molar-refractivity contribution >= 4 is 28.5 Å². The summed E-state index contributed by atoms with van der Waals surface area (Å²) in [6, 6.07) is 16.8. The highest BCUT2D eigenvalue weighted by molar-refractivity contribution is 6.02. The maximum atomic E-state index is 14.0. The summed E-state index contributed by atoms with van der Waals surface area (Å²) in [4.78, 5) is 28.9. The molecule has 0 fully saturated rings. The summed E-state index contributed by atoms with van der Waals surface area (Å²) >= 11 is 0. The highest BCUT2D eigenvalue weighted by atomic mass is 16.5. The number of rotatable bonds is 11. The molecule has 10 nitrogen and oxygen atoms in total. The molecule has 0 spiro atoms. The van der Waals surface area contributed by atoms with Crippen LogP contribution in [0.3, 0.4) is 0 Å². The van der Waals surface area contributed by atoms with Gasteiger partial charge < -0.3 is 19.2 Å². The lowest BCUT2D eigenvalue weighted by Gasteiger charge is -2.31. The monoisotopic (exact) mass is 491 g/mol. The molecular weight excluding hydrogens is 462 g/mol. The van der Waals surface area contributed by atoms with Crippen LogP contribution in [0.25, 0.3) is 11.0 Å². The Kier molecular flexibility index (Phi) is 7.96. The minimum absolute atomic E-state index is 0.150. The van der Waals surface area contributed by atoms with Crippen molar-refractivity contribution < 1.29 is 23.5 Å². The Morgan fingerprint density at radius 1 is 1.11 bits per heavy atom. The van der Waals surface area contributed by atoms with Crippen molar-refractivity contribution in [2.24, 2.45) is 0 Å². The Hall–Kier alpha value is -4.18. The summed E-state index contributed by atoms with van der Waals surface area (Å²) in [7, 11) is 1.55. The number of anilines is 1. The van der Waals surface area contributed by atoms with E-state index in [1.165, 1.54) is 9.58 Å². The molecule has 4 rings (SSSR count). The number of aryl methyl sites for hydroxylation is 1. The van der Waals surface area contributed by atoms with Gasteiger partial charge in [0.1, 0.15) is 29.3 Å². The molecule has 2 heterocycles. The van der Waals surface area contributed by atoms with E-state index < -0.39 is 17.9 Å². The van der Waals surface area contributed by atoms with E-state index >= 15 is 0 Å². The molecule has 0 aliphatic carbocycles. The quantitative estimate of drug-likeness (QED) is 0.321. The number of para-hydroxylation sites is 3. The predicted octanol–water partition coefficient (Wildman–Crippen LogP) is 3.27. The SMILES string of the molecule is CCOc1ccccc1N(C(=O)Cn1nnc2ccccc21)C(C(=O)NCCOC)c1ccc(C)o1. The van der Waals surface area contributed by atoms with Gasteiger partial charge in [0.15, 0.2) is 6.04 Å². The van der Waals surface area contributed by atoms with Gasteiger partial charge in [0.2, 0.25) is 5.91 Å². The first-order valence-electron chi connectivity index (χ1n) is 11.7. The topological polar surface area (TPSA) is 112 Å². The van der Waals surface area contributed by atoms with Gasteiger partial charge in [-0.3, -0.25) is 14.5 Å². The first-order chi connectivity index (χ1) is 17.5. The summed E-state index contributed by atoms with van der Waals surface area (Å²) in [5.74, 6) is 0.607. The third kappa shape index (κ3) is 5.38. The number of amides is 2. The van der Waals surface area contributed by atoms with Gasteiger partial charge in [-0.1, -0.05) is 29.5 Å². The van der Waals surface area contributed by atoms with Gasteiger partial charge in [0.05, 0.1) is 24.4 Å². The van der Waals surface area contributed by atoms with E-state index in [0.29, 0.717) is 47.2 Å². The van der Waals surface area contributed by atoms with Crippen molar-refractivity contribution in [1.82, 2.24) is 20.3 Å². The Bertz CT molecular complexity index is 1330. The van der Waals surface area contributed by atoms with Gasteiger partial charge >= 0.3 is 0 Å². The largest absolute Gasteiger partial charge is 0.492 e. The molecule has 0 aliphatic rings. The minimum atomic E-state index is -1.10. The maximum absolute atomic E-state index is 14.0. The van der Waals surface area contributed by atoms with Crippen LogP contribution in [0.5, 0.6) is 5.75 Å². The fraction of sp³-hybridized carbons (Fsp3) is 0.308. The number of nitrogens with one attached hydrogen (secondary N) is 1. The maximum Gasteiger partial charge on any atom is 0.251 e. The highest BCUT2D eigenvalue weighted by Crippen LogP contribution is 2.36. The van der Waals surface area contributed by atoms with Crippen LogP contribution in [0.15, 0.2) is 65.1 Å². The van der Waals surface area contributed by atoms with Crippen LogP contribution in [-0.2, 0) is 20.9 Å². The Morgan fingerprint density at radius 2 is 1.89 bits per heavy atom. The number of carbonyl (C=O) groups excluding carboxylic acids is 2. The van der Waals surface area contributed by atoms with Crippen molar-refractivity contribution in [2.75, 3.05) is 31.8 Å². The van der Waals surface area contributed by atoms with Gasteiger partial charge in [-0.2, -0.15) is 0 Å². The second-order valence-corrected chi connectivity index (χ2v) is 8.04. The highest BCUT2D eigenvalue weighted by Gasteiger charge is 2.36. The Morgan fingerprint density at radius 3 is 2.64 bits per heavy atom. The predicted molar refractivity (Wildman–Crippen MR) is 134 cm³/mol. The molecule has 1 atom stereocenters. The van der Waals surface area contributed by atoms with Crippen LogP contribution in [0.1, 0.15) is 24.5 Å². The number of fused-ring (bicyclic) bond motifs is 1. The third-order valence-electron chi connectivity index (χ3n) is 5.54. The molecule has 4 aromatic rings. The Labute approximate surface area is 208 Å². The van der Waals surface area contributed by atoms with Crippen molar-refractivity contribution in [3.05, 3.63) is 72.2 Å². The number of furan rings is 1. The lowest BCUT2D eigenvalue weighted by atomic mass is 10.1. The molecule has 2 amide bonds. The van der Waals surface area contributed by atoms with Crippen LogP contribution < -0.4 is 15.0 Å². The summed E-state index contributed by atoms with van der Waals surface area (Å²) in [6.07, 6.45) is 0. The first kappa shape index (κ1) is 24.9. The number of hydrogen-bond donors (Lipinski definition) is 1. The van der Waals surface area contributed by atoms with Gasteiger partial charge in [-0.25, -0.2) is 4.68 Å². The number of ether oxygens (including phenoxy) is 2. The number of carbonyl (C=O) groups is 2. The zero-order valence-electron chi connectivity index (χ0n) is 20.5. The van der Waals surface area contributed by atoms with Crippen LogP contribution in [0.2, 0.25) is 0 Å². The van der Waals surface area contributed by atoms with Gasteiger partial charge in [0.25, 0.3) is 5.91 Å². The van der Waals surface area contributed by atoms with E-state index in [0.717, 1.165) is 0 Å². The van der Waals surface area contributed by atoms with E-state index in [1.54, 1.807) is 44.4 Å². The fourth-order valence-electron chi connectivity index (χ4n) is 3.94. The average molecular weight is 492 g/mol. The number of methoxy groups -OCH3 is 1. The molecule has 1 N–H and O–H groups in total. The van der Waals surface area contributed by atoms with E-state index in [2.05, 4.69) is 15.6 Å². The lowest BCUT2D eigenvalue weighted by Crippen LogP contribution is -2.46. The summed E-state index contributed by atoms with van der Waals surface area (Å²) in [5, 5.41) is 11.2. The van der Waals surface area contributed by atoms with Gasteiger partial charge in [-0.05, 0) is 50.2 Å². The summed E-state index contributed by atoms with van der Waals surface area (Å²) < 4.78 is 18.3. The second kappa shape index (κ2) is 11.5. The van der Waals surface area contributed by atoms with Gasteiger partial charge in [0, 0.05) is 13.7 Å². The van der Waals surface area contributed by atoms with E-state index in [4.69, 9.17) is 13.9 Å². The zero-order valence-corrected chi connectivity index (χ0v) is 20.5. The van der Waals surface area contributed by atoms with Crippen LogP contribution in [-0.4, -0.2) is 53.7 Å². The molecule has 2 aromatic heterocycles. The molecule has 0 aliphatic heterocycles. The summed E-state index contributed by atoms with van der Waals surface area (Å²) in [5.41, 5.74) is 1.82. The average Bonchev–Trinajstić information content (AvgIpc) is 3.49. The van der Waals surface area contributed by atoms with Crippen molar-refractivity contribution in [3.8, 4) is 5.75 Å². The molecule has 2 aromatic carbocycles. The number of aromatic nitrogens is 3.